The molecule has 7 nitrogen and oxygen atoms in total. The van der Waals surface area contributed by atoms with Crippen LogP contribution in [0.25, 0.3) is 10.8 Å². The maximum Gasteiger partial charge on any atom is 0.344 e. The Kier molecular flexibility index (Phi) is 4.06. The second kappa shape index (κ2) is 6.20. The predicted molar refractivity (Wildman–Crippen MR) is 93.0 cm³/mol. The Morgan fingerprint density at radius 3 is 2.56 bits per heavy atom. The number of hydrogen-bond donors (Lipinski definition) is 1. The predicted octanol–water partition coefficient (Wildman–Crippen LogP) is 3.57. The van der Waals surface area contributed by atoms with E-state index in [9.17, 15) is 19.7 Å². The van der Waals surface area contributed by atoms with E-state index in [1.54, 1.807) is 6.07 Å². The summed E-state index contributed by atoms with van der Waals surface area (Å²) < 4.78 is 5.03. The summed E-state index contributed by atoms with van der Waals surface area (Å²) in [6.07, 6.45) is 0. The Balaban J connectivity index is 1.98. The lowest BCUT2D eigenvalue weighted by Gasteiger charge is -2.08. The fourth-order valence-electron chi connectivity index (χ4n) is 2.54. The molecule has 3 aromatic rings. The summed E-state index contributed by atoms with van der Waals surface area (Å²) in [4.78, 5) is 34.6. The van der Waals surface area contributed by atoms with Crippen LogP contribution in [0, 0.1) is 24.0 Å². The van der Waals surface area contributed by atoms with Gasteiger partial charge in [0.1, 0.15) is 0 Å². The lowest BCUT2D eigenvalue weighted by atomic mass is 10.1. The molecule has 25 heavy (non-hydrogen) atoms. The normalized spacial score (nSPS) is 10.6. The Morgan fingerprint density at radius 2 is 1.88 bits per heavy atom. The van der Waals surface area contributed by atoms with E-state index in [0.29, 0.717) is 11.1 Å². The number of amides is 1. The molecule has 7 heteroatoms. The van der Waals surface area contributed by atoms with E-state index in [0.717, 1.165) is 17.2 Å². The van der Waals surface area contributed by atoms with Gasteiger partial charge in [0.15, 0.2) is 5.76 Å². The number of non-ortho nitro benzene ring substituents is 1. The zero-order chi connectivity index (χ0) is 18.1. The van der Waals surface area contributed by atoms with Crippen LogP contribution in [0.4, 0.5) is 11.4 Å². The van der Waals surface area contributed by atoms with E-state index in [4.69, 9.17) is 4.42 Å². The maximum absolute atomic E-state index is 12.4. The van der Waals surface area contributed by atoms with Crippen LogP contribution in [0.5, 0.6) is 0 Å². The van der Waals surface area contributed by atoms with Gasteiger partial charge >= 0.3 is 5.63 Å². The number of anilines is 1. The Labute approximate surface area is 142 Å². The highest BCUT2D eigenvalue weighted by atomic mass is 16.6. The average molecular weight is 338 g/mol. The number of nitrogens with zero attached hydrogens (tertiary/aromatic N) is 1. The third-order valence-corrected chi connectivity index (χ3v) is 3.81. The molecule has 0 saturated carbocycles. The molecular formula is C18H14N2O5. The van der Waals surface area contributed by atoms with Crippen molar-refractivity contribution in [2.45, 2.75) is 13.8 Å². The second-order valence-corrected chi connectivity index (χ2v) is 5.70. The molecule has 0 saturated heterocycles. The van der Waals surface area contributed by atoms with Gasteiger partial charge in [-0.3, -0.25) is 14.9 Å². The molecule has 126 valence electrons. The van der Waals surface area contributed by atoms with Crippen molar-refractivity contribution in [3.63, 3.8) is 0 Å². The first-order chi connectivity index (χ1) is 11.8. The molecule has 0 spiro atoms. The number of carbonyl (C=O) groups is 1. The van der Waals surface area contributed by atoms with Crippen molar-refractivity contribution < 1.29 is 14.1 Å². The number of hydrogen-bond acceptors (Lipinski definition) is 5. The Hall–Kier alpha value is -3.48. The van der Waals surface area contributed by atoms with Crippen molar-refractivity contribution in [1.82, 2.24) is 0 Å². The number of benzene rings is 2. The highest BCUT2D eigenvalue weighted by molar-refractivity contribution is 6.04. The number of carbonyl (C=O) groups excluding carboxylic acids is 1. The minimum absolute atomic E-state index is 0.0530. The molecule has 0 aliphatic carbocycles. The summed E-state index contributed by atoms with van der Waals surface area (Å²) in [5.41, 5.74) is 1.54. The quantitative estimate of drug-likeness (QED) is 0.581. The van der Waals surface area contributed by atoms with Crippen LogP contribution in [0.2, 0.25) is 0 Å². The van der Waals surface area contributed by atoms with Crippen molar-refractivity contribution in [2.24, 2.45) is 0 Å². The van der Waals surface area contributed by atoms with Gasteiger partial charge < -0.3 is 9.73 Å². The molecule has 0 unspecified atom stereocenters. The molecule has 0 aliphatic rings. The van der Waals surface area contributed by atoms with E-state index < -0.39 is 16.5 Å². The number of rotatable bonds is 3. The summed E-state index contributed by atoms with van der Waals surface area (Å²) in [5.74, 6) is -0.726. The first-order valence-electron chi connectivity index (χ1n) is 7.46. The summed E-state index contributed by atoms with van der Waals surface area (Å²) >= 11 is 0. The van der Waals surface area contributed by atoms with Gasteiger partial charge in [0, 0.05) is 17.8 Å². The van der Waals surface area contributed by atoms with Crippen LogP contribution in [-0.4, -0.2) is 10.8 Å². The summed E-state index contributed by atoms with van der Waals surface area (Å²) in [7, 11) is 0. The largest absolute Gasteiger partial charge is 0.417 e. The lowest BCUT2D eigenvalue weighted by Crippen LogP contribution is -2.15. The second-order valence-electron chi connectivity index (χ2n) is 5.70. The highest BCUT2D eigenvalue weighted by Gasteiger charge is 2.15. The van der Waals surface area contributed by atoms with Crippen LogP contribution in [0.15, 0.2) is 51.7 Å². The Morgan fingerprint density at radius 1 is 1.12 bits per heavy atom. The van der Waals surface area contributed by atoms with Crippen LogP contribution in [0.1, 0.15) is 21.7 Å². The summed E-state index contributed by atoms with van der Waals surface area (Å²) in [6, 6.07) is 10.8. The van der Waals surface area contributed by atoms with Gasteiger partial charge in [-0.1, -0.05) is 17.7 Å². The van der Waals surface area contributed by atoms with Gasteiger partial charge in [-0.2, -0.15) is 0 Å². The maximum atomic E-state index is 12.4. The van der Waals surface area contributed by atoms with E-state index in [-0.39, 0.29) is 16.8 Å². The van der Waals surface area contributed by atoms with Crippen molar-refractivity contribution in [3.05, 3.63) is 79.9 Å². The molecule has 3 rings (SSSR count). The van der Waals surface area contributed by atoms with Gasteiger partial charge in [0.05, 0.1) is 10.3 Å². The molecule has 1 aromatic heterocycles. The van der Waals surface area contributed by atoms with Gasteiger partial charge in [-0.15, -0.1) is 0 Å². The first kappa shape index (κ1) is 16.4. The smallest absolute Gasteiger partial charge is 0.344 e. The summed E-state index contributed by atoms with van der Waals surface area (Å²) in [5, 5.41) is 13.9. The van der Waals surface area contributed by atoms with Gasteiger partial charge in [0.25, 0.3) is 11.6 Å². The van der Waals surface area contributed by atoms with Crippen LogP contribution in [-0.2, 0) is 0 Å². The zero-order valence-electron chi connectivity index (χ0n) is 13.5. The van der Waals surface area contributed by atoms with Crippen molar-refractivity contribution in [2.75, 3.05) is 5.32 Å². The molecular weight excluding hydrogens is 324 g/mol. The van der Waals surface area contributed by atoms with Crippen LogP contribution >= 0.6 is 0 Å². The molecule has 0 atom stereocenters. The topological polar surface area (TPSA) is 102 Å². The third kappa shape index (κ3) is 3.25. The van der Waals surface area contributed by atoms with Gasteiger partial charge in [0.2, 0.25) is 0 Å². The van der Waals surface area contributed by atoms with E-state index in [1.165, 1.54) is 18.2 Å². The minimum atomic E-state index is -0.799. The minimum Gasteiger partial charge on any atom is -0.417 e. The Bertz CT molecular complexity index is 1070. The molecule has 0 aliphatic heterocycles. The molecule has 2 aromatic carbocycles. The number of nitro groups is 1. The molecule has 1 heterocycles. The SMILES string of the molecule is Cc1ccc(NC(=O)c2cc3ccc([N+](=O)[O-])cc3c(=O)o2)c(C)c1. The standard InChI is InChI=1S/C18H14N2O5/c1-10-3-6-15(11(2)7-10)19-17(21)16-8-12-4-5-13(20(23)24)9-14(12)18(22)25-16/h3-9H,1-2H3,(H,19,21). The molecule has 0 radical (unpaired) electrons. The molecule has 0 fully saturated rings. The monoisotopic (exact) mass is 338 g/mol. The highest BCUT2D eigenvalue weighted by Crippen LogP contribution is 2.21. The molecule has 1 N–H and O–H groups in total. The molecule has 0 bridgehead atoms. The van der Waals surface area contributed by atoms with Crippen LogP contribution in [0.3, 0.4) is 0 Å². The van der Waals surface area contributed by atoms with Crippen molar-refractivity contribution >= 4 is 28.1 Å². The van der Waals surface area contributed by atoms with Crippen LogP contribution < -0.4 is 10.9 Å². The summed E-state index contributed by atoms with van der Waals surface area (Å²) in [6.45, 7) is 3.80. The number of nitrogens with one attached hydrogen (secondary N) is 1. The van der Waals surface area contributed by atoms with Crippen molar-refractivity contribution in [1.29, 1.82) is 0 Å². The van der Waals surface area contributed by atoms with E-state index in [1.807, 2.05) is 26.0 Å². The van der Waals surface area contributed by atoms with Gasteiger partial charge in [-0.25, -0.2) is 4.79 Å². The fraction of sp³-hybridized carbons (Fsp3) is 0.111. The van der Waals surface area contributed by atoms with Crippen molar-refractivity contribution in [3.8, 4) is 0 Å². The number of fused-ring (bicyclic) bond motifs is 1. The first-order valence-corrected chi connectivity index (χ1v) is 7.46. The zero-order valence-corrected chi connectivity index (χ0v) is 13.5. The molecule has 1 amide bonds. The fourth-order valence-corrected chi connectivity index (χ4v) is 2.54. The van der Waals surface area contributed by atoms with Gasteiger partial charge in [-0.05, 0) is 43.0 Å². The number of aryl methyl sites for hydroxylation is 2. The third-order valence-electron chi connectivity index (χ3n) is 3.81. The van der Waals surface area contributed by atoms with E-state index >= 15 is 0 Å². The average Bonchev–Trinajstić information content (AvgIpc) is 2.56. The van der Waals surface area contributed by atoms with E-state index in [2.05, 4.69) is 5.32 Å². The lowest BCUT2D eigenvalue weighted by molar-refractivity contribution is -0.384. The number of nitro benzene ring substituents is 1.